The van der Waals surface area contributed by atoms with Gasteiger partial charge in [-0.1, -0.05) is 26.2 Å². The fourth-order valence-electron chi connectivity index (χ4n) is 1.35. The van der Waals surface area contributed by atoms with Gasteiger partial charge in [0.2, 0.25) is 0 Å². The molecule has 1 aliphatic heterocycles. The molecule has 0 aromatic heterocycles. The highest BCUT2D eigenvalue weighted by molar-refractivity contribution is 4.83. The average molecular weight is 141 g/mol. The van der Waals surface area contributed by atoms with E-state index in [9.17, 15) is 0 Å². The highest BCUT2D eigenvalue weighted by atomic mass is 15.3. The Bertz CT molecular complexity index is 90.7. The zero-order valence-electron chi connectivity index (χ0n) is 7.27. The molecular formula is C9H19N. The monoisotopic (exact) mass is 141 g/mol. The van der Waals surface area contributed by atoms with Gasteiger partial charge in [0.05, 0.1) is 0 Å². The van der Waals surface area contributed by atoms with Gasteiger partial charge in [-0.25, -0.2) is 0 Å². The van der Waals surface area contributed by atoms with Crippen molar-refractivity contribution in [2.75, 3.05) is 13.1 Å². The molecule has 60 valence electrons. The lowest BCUT2D eigenvalue weighted by Crippen LogP contribution is -2.01. The minimum absolute atomic E-state index is 0.904. The molecule has 2 atom stereocenters. The van der Waals surface area contributed by atoms with Gasteiger partial charge in [0, 0.05) is 12.6 Å². The third-order valence-electron chi connectivity index (χ3n) is 2.29. The molecule has 1 heterocycles. The van der Waals surface area contributed by atoms with E-state index in [0.717, 1.165) is 6.04 Å². The average Bonchev–Trinajstić information content (AvgIpc) is 2.60. The van der Waals surface area contributed by atoms with Gasteiger partial charge >= 0.3 is 0 Å². The van der Waals surface area contributed by atoms with E-state index < -0.39 is 0 Å². The van der Waals surface area contributed by atoms with Gasteiger partial charge in [0.1, 0.15) is 0 Å². The first-order valence-corrected chi connectivity index (χ1v) is 4.58. The second kappa shape index (κ2) is 3.97. The van der Waals surface area contributed by atoms with E-state index in [1.165, 1.54) is 38.8 Å². The SMILES string of the molecule is CCCCCCN1C[C@H]1C. The van der Waals surface area contributed by atoms with E-state index in [0.29, 0.717) is 0 Å². The van der Waals surface area contributed by atoms with Crippen LogP contribution in [-0.2, 0) is 0 Å². The van der Waals surface area contributed by atoms with E-state index in [1.54, 1.807) is 0 Å². The van der Waals surface area contributed by atoms with Crippen molar-refractivity contribution in [1.82, 2.24) is 4.90 Å². The smallest absolute Gasteiger partial charge is 0.0195 e. The van der Waals surface area contributed by atoms with E-state index in [1.807, 2.05) is 0 Å². The Labute approximate surface area is 64.4 Å². The molecule has 1 nitrogen and oxygen atoms in total. The molecule has 1 unspecified atom stereocenters. The summed E-state index contributed by atoms with van der Waals surface area (Å²) in [5.41, 5.74) is 0. The Balaban J connectivity index is 1.78. The summed E-state index contributed by atoms with van der Waals surface area (Å²) in [6, 6.07) is 0.904. The number of hydrogen-bond donors (Lipinski definition) is 0. The quantitative estimate of drug-likeness (QED) is 0.419. The maximum absolute atomic E-state index is 2.54. The summed E-state index contributed by atoms with van der Waals surface area (Å²) in [6.45, 7) is 7.27. The summed E-state index contributed by atoms with van der Waals surface area (Å²) in [7, 11) is 0. The van der Waals surface area contributed by atoms with Crippen molar-refractivity contribution in [2.24, 2.45) is 0 Å². The lowest BCUT2D eigenvalue weighted by molar-refractivity contribution is 0.482. The van der Waals surface area contributed by atoms with Crippen LogP contribution in [0.15, 0.2) is 0 Å². The highest BCUT2D eigenvalue weighted by Crippen LogP contribution is 2.16. The van der Waals surface area contributed by atoms with E-state index in [4.69, 9.17) is 0 Å². The Morgan fingerprint density at radius 3 is 2.50 bits per heavy atom. The van der Waals surface area contributed by atoms with Crippen LogP contribution in [0, 0.1) is 0 Å². The van der Waals surface area contributed by atoms with Gasteiger partial charge < -0.3 is 0 Å². The number of rotatable bonds is 5. The Morgan fingerprint density at radius 2 is 2.00 bits per heavy atom. The molecule has 0 spiro atoms. The summed E-state index contributed by atoms with van der Waals surface area (Å²) in [6.07, 6.45) is 5.62. The first-order chi connectivity index (χ1) is 4.84. The Kier molecular flexibility index (Phi) is 3.20. The maximum atomic E-state index is 2.54. The van der Waals surface area contributed by atoms with Crippen molar-refractivity contribution in [1.29, 1.82) is 0 Å². The zero-order chi connectivity index (χ0) is 7.40. The molecule has 1 aliphatic rings. The van der Waals surface area contributed by atoms with Crippen LogP contribution in [0.3, 0.4) is 0 Å². The van der Waals surface area contributed by atoms with Crippen molar-refractivity contribution in [2.45, 2.75) is 45.6 Å². The molecule has 1 fully saturated rings. The molecular weight excluding hydrogens is 122 g/mol. The van der Waals surface area contributed by atoms with Gasteiger partial charge in [-0.2, -0.15) is 0 Å². The largest absolute Gasteiger partial charge is 0.298 e. The number of nitrogens with zero attached hydrogens (tertiary/aromatic N) is 1. The second-order valence-electron chi connectivity index (χ2n) is 3.40. The van der Waals surface area contributed by atoms with Gasteiger partial charge in [-0.05, 0) is 19.9 Å². The van der Waals surface area contributed by atoms with Crippen molar-refractivity contribution in [3.63, 3.8) is 0 Å². The van der Waals surface area contributed by atoms with Gasteiger partial charge in [0.15, 0.2) is 0 Å². The predicted molar refractivity (Wildman–Crippen MR) is 45.2 cm³/mol. The predicted octanol–water partition coefficient (Wildman–Crippen LogP) is 2.27. The Morgan fingerprint density at radius 1 is 1.30 bits per heavy atom. The number of unbranched alkanes of at least 4 members (excludes halogenated alkanes) is 3. The first kappa shape index (κ1) is 8.06. The molecule has 1 heteroatoms. The van der Waals surface area contributed by atoms with E-state index in [2.05, 4.69) is 18.7 Å². The summed E-state index contributed by atoms with van der Waals surface area (Å²) >= 11 is 0. The molecule has 0 bridgehead atoms. The van der Waals surface area contributed by atoms with Crippen molar-refractivity contribution in [3.05, 3.63) is 0 Å². The van der Waals surface area contributed by atoms with Crippen LogP contribution in [0.2, 0.25) is 0 Å². The third kappa shape index (κ3) is 2.70. The van der Waals surface area contributed by atoms with Gasteiger partial charge in [-0.3, -0.25) is 4.90 Å². The normalized spacial score (nSPS) is 30.6. The molecule has 0 aliphatic carbocycles. The third-order valence-corrected chi connectivity index (χ3v) is 2.29. The second-order valence-corrected chi connectivity index (χ2v) is 3.40. The molecule has 0 aromatic rings. The minimum atomic E-state index is 0.904. The van der Waals surface area contributed by atoms with Crippen LogP contribution in [-0.4, -0.2) is 24.0 Å². The molecule has 1 rings (SSSR count). The van der Waals surface area contributed by atoms with Crippen LogP contribution in [0.5, 0.6) is 0 Å². The summed E-state index contributed by atoms with van der Waals surface area (Å²) in [5.74, 6) is 0. The molecule has 0 N–H and O–H groups in total. The fourth-order valence-corrected chi connectivity index (χ4v) is 1.35. The molecule has 0 aromatic carbocycles. The number of hydrogen-bond acceptors (Lipinski definition) is 1. The standard InChI is InChI=1S/C9H19N/c1-3-4-5-6-7-10-8-9(10)2/h9H,3-8H2,1-2H3/t9-,10?/m1/s1. The van der Waals surface area contributed by atoms with Crippen molar-refractivity contribution < 1.29 is 0 Å². The zero-order valence-corrected chi connectivity index (χ0v) is 7.27. The summed E-state index contributed by atoms with van der Waals surface area (Å²) in [4.78, 5) is 2.54. The van der Waals surface area contributed by atoms with Crippen LogP contribution >= 0.6 is 0 Å². The molecule has 0 saturated carbocycles. The molecule has 1 saturated heterocycles. The van der Waals surface area contributed by atoms with Crippen LogP contribution in [0.25, 0.3) is 0 Å². The molecule has 10 heavy (non-hydrogen) atoms. The van der Waals surface area contributed by atoms with Crippen LogP contribution in [0.4, 0.5) is 0 Å². The lowest BCUT2D eigenvalue weighted by atomic mass is 10.2. The Hall–Kier alpha value is -0.0400. The van der Waals surface area contributed by atoms with Crippen molar-refractivity contribution in [3.8, 4) is 0 Å². The maximum Gasteiger partial charge on any atom is 0.0195 e. The fraction of sp³-hybridized carbons (Fsp3) is 1.00. The van der Waals surface area contributed by atoms with Gasteiger partial charge in [0.25, 0.3) is 0 Å². The minimum Gasteiger partial charge on any atom is -0.298 e. The first-order valence-electron chi connectivity index (χ1n) is 4.58. The highest BCUT2D eigenvalue weighted by Gasteiger charge is 2.27. The van der Waals surface area contributed by atoms with Crippen molar-refractivity contribution >= 4 is 0 Å². The van der Waals surface area contributed by atoms with Crippen LogP contribution in [0.1, 0.15) is 39.5 Å². The van der Waals surface area contributed by atoms with E-state index in [-0.39, 0.29) is 0 Å². The topological polar surface area (TPSA) is 3.01 Å². The van der Waals surface area contributed by atoms with Crippen LogP contribution < -0.4 is 0 Å². The lowest BCUT2D eigenvalue weighted by Gasteiger charge is -1.99. The molecule has 0 amide bonds. The van der Waals surface area contributed by atoms with Gasteiger partial charge in [-0.15, -0.1) is 0 Å². The molecule has 0 radical (unpaired) electrons. The summed E-state index contributed by atoms with van der Waals surface area (Å²) < 4.78 is 0. The van der Waals surface area contributed by atoms with E-state index >= 15 is 0 Å². The summed E-state index contributed by atoms with van der Waals surface area (Å²) in [5, 5.41) is 0.